The molecule has 0 saturated carbocycles. The molecule has 0 unspecified atom stereocenters. The number of rotatable bonds is 5. The van der Waals surface area contributed by atoms with Crippen molar-refractivity contribution in [3.05, 3.63) is 41.7 Å². The smallest absolute Gasteiger partial charge is 0.227 e. The lowest BCUT2D eigenvalue weighted by atomic mass is 10.2. The van der Waals surface area contributed by atoms with Gasteiger partial charge in [0.15, 0.2) is 0 Å². The maximum Gasteiger partial charge on any atom is 0.227 e. The van der Waals surface area contributed by atoms with Crippen molar-refractivity contribution >= 4 is 11.6 Å². The second-order valence-corrected chi connectivity index (χ2v) is 4.17. The molecule has 5 nitrogen and oxygen atoms in total. The molecule has 0 aliphatic rings. The standard InChI is InChI=1S/C14H18N4O/c1-3-19-13-5-4-12(6-11(13)7-15)18-14-16-8-10(2)9-17-14/h4-6,8-9H,3,7,15H2,1-2H3,(H,16,17,18). The second kappa shape index (κ2) is 6.15. The van der Waals surface area contributed by atoms with Crippen LogP contribution >= 0.6 is 0 Å². The third-order valence-electron chi connectivity index (χ3n) is 2.62. The third-order valence-corrected chi connectivity index (χ3v) is 2.62. The molecule has 0 spiro atoms. The van der Waals surface area contributed by atoms with E-state index < -0.39 is 0 Å². The first kappa shape index (κ1) is 13.3. The Labute approximate surface area is 112 Å². The van der Waals surface area contributed by atoms with Crippen LogP contribution < -0.4 is 15.8 Å². The highest BCUT2D eigenvalue weighted by molar-refractivity contribution is 5.57. The van der Waals surface area contributed by atoms with Gasteiger partial charge in [-0.1, -0.05) is 0 Å². The number of aryl methyl sites for hydroxylation is 1. The number of nitrogens with zero attached hydrogens (tertiary/aromatic N) is 2. The van der Waals surface area contributed by atoms with Crippen molar-refractivity contribution in [1.29, 1.82) is 0 Å². The lowest BCUT2D eigenvalue weighted by Gasteiger charge is -2.11. The quantitative estimate of drug-likeness (QED) is 0.861. The highest BCUT2D eigenvalue weighted by Gasteiger charge is 2.04. The summed E-state index contributed by atoms with van der Waals surface area (Å²) in [6.07, 6.45) is 3.54. The SMILES string of the molecule is CCOc1ccc(Nc2ncc(C)cn2)cc1CN. The van der Waals surface area contributed by atoms with Crippen LogP contribution in [0.4, 0.5) is 11.6 Å². The van der Waals surface area contributed by atoms with Gasteiger partial charge in [-0.05, 0) is 37.6 Å². The van der Waals surface area contributed by atoms with Crippen LogP contribution in [0.1, 0.15) is 18.1 Å². The normalized spacial score (nSPS) is 10.3. The number of aromatic nitrogens is 2. The van der Waals surface area contributed by atoms with Gasteiger partial charge in [0, 0.05) is 30.2 Å². The molecular formula is C14H18N4O. The topological polar surface area (TPSA) is 73.1 Å². The van der Waals surface area contributed by atoms with E-state index in [4.69, 9.17) is 10.5 Å². The lowest BCUT2D eigenvalue weighted by Crippen LogP contribution is -2.04. The van der Waals surface area contributed by atoms with Gasteiger partial charge < -0.3 is 15.8 Å². The second-order valence-electron chi connectivity index (χ2n) is 4.17. The summed E-state index contributed by atoms with van der Waals surface area (Å²) in [4.78, 5) is 8.41. The molecule has 19 heavy (non-hydrogen) atoms. The van der Waals surface area contributed by atoms with E-state index in [2.05, 4.69) is 15.3 Å². The molecule has 2 rings (SSSR count). The highest BCUT2D eigenvalue weighted by Crippen LogP contribution is 2.23. The summed E-state index contributed by atoms with van der Waals surface area (Å²) >= 11 is 0. The molecule has 2 aromatic rings. The minimum atomic E-state index is 0.430. The molecule has 0 bridgehead atoms. The van der Waals surface area contributed by atoms with Gasteiger partial charge in [-0.3, -0.25) is 0 Å². The molecule has 0 saturated heterocycles. The molecule has 1 aromatic heterocycles. The summed E-state index contributed by atoms with van der Waals surface area (Å²) < 4.78 is 5.51. The summed E-state index contributed by atoms with van der Waals surface area (Å²) in [5.41, 5.74) is 8.61. The van der Waals surface area contributed by atoms with Gasteiger partial charge >= 0.3 is 0 Å². The number of ether oxygens (including phenoxy) is 1. The van der Waals surface area contributed by atoms with Crippen molar-refractivity contribution < 1.29 is 4.74 Å². The average Bonchev–Trinajstić information content (AvgIpc) is 2.43. The fraction of sp³-hybridized carbons (Fsp3) is 0.286. The van der Waals surface area contributed by atoms with Crippen LogP contribution in [0.15, 0.2) is 30.6 Å². The van der Waals surface area contributed by atoms with Gasteiger partial charge in [0.05, 0.1) is 6.61 Å². The van der Waals surface area contributed by atoms with E-state index >= 15 is 0 Å². The van der Waals surface area contributed by atoms with Crippen molar-refractivity contribution in [2.75, 3.05) is 11.9 Å². The molecule has 0 radical (unpaired) electrons. The fourth-order valence-corrected chi connectivity index (χ4v) is 1.70. The molecule has 3 N–H and O–H groups in total. The third kappa shape index (κ3) is 3.42. The maximum atomic E-state index is 5.72. The zero-order valence-electron chi connectivity index (χ0n) is 11.2. The number of anilines is 2. The number of nitrogens with two attached hydrogens (primary N) is 1. The summed E-state index contributed by atoms with van der Waals surface area (Å²) in [7, 11) is 0. The monoisotopic (exact) mass is 258 g/mol. The Balaban J connectivity index is 2.18. The molecule has 0 amide bonds. The molecule has 0 aliphatic carbocycles. The molecule has 0 aliphatic heterocycles. The fourth-order valence-electron chi connectivity index (χ4n) is 1.70. The van der Waals surface area contributed by atoms with Crippen molar-refractivity contribution in [2.45, 2.75) is 20.4 Å². The molecule has 5 heteroatoms. The van der Waals surface area contributed by atoms with Crippen LogP contribution in [0.5, 0.6) is 5.75 Å². The van der Waals surface area contributed by atoms with Crippen molar-refractivity contribution in [1.82, 2.24) is 9.97 Å². The Bertz CT molecular complexity index is 540. The predicted molar refractivity (Wildman–Crippen MR) is 75.6 cm³/mol. The van der Waals surface area contributed by atoms with E-state index in [-0.39, 0.29) is 0 Å². The Morgan fingerprint density at radius 3 is 2.63 bits per heavy atom. The van der Waals surface area contributed by atoms with Crippen LogP contribution in [-0.2, 0) is 6.54 Å². The molecule has 0 fully saturated rings. The number of benzene rings is 1. The van der Waals surface area contributed by atoms with Crippen molar-refractivity contribution in [3.8, 4) is 5.75 Å². The number of hydrogen-bond acceptors (Lipinski definition) is 5. The van der Waals surface area contributed by atoms with Crippen molar-refractivity contribution in [2.24, 2.45) is 5.73 Å². The molecule has 1 aromatic carbocycles. The summed E-state index contributed by atoms with van der Waals surface area (Å²) in [5, 5.41) is 3.14. The van der Waals surface area contributed by atoms with E-state index in [1.54, 1.807) is 12.4 Å². The van der Waals surface area contributed by atoms with Crippen LogP contribution in [0, 0.1) is 6.92 Å². The van der Waals surface area contributed by atoms with Gasteiger partial charge in [-0.25, -0.2) is 9.97 Å². The van der Waals surface area contributed by atoms with Gasteiger partial charge in [-0.15, -0.1) is 0 Å². The summed E-state index contributed by atoms with van der Waals surface area (Å²) in [5.74, 6) is 1.39. The summed E-state index contributed by atoms with van der Waals surface area (Å²) in [6.45, 7) is 4.96. The molecular weight excluding hydrogens is 240 g/mol. The lowest BCUT2D eigenvalue weighted by molar-refractivity contribution is 0.336. The average molecular weight is 258 g/mol. The zero-order valence-corrected chi connectivity index (χ0v) is 11.2. The van der Waals surface area contributed by atoms with Crippen molar-refractivity contribution in [3.63, 3.8) is 0 Å². The minimum Gasteiger partial charge on any atom is -0.494 e. The van der Waals surface area contributed by atoms with Gasteiger partial charge in [-0.2, -0.15) is 0 Å². The Morgan fingerprint density at radius 2 is 2.00 bits per heavy atom. The minimum absolute atomic E-state index is 0.430. The number of nitrogens with one attached hydrogen (secondary N) is 1. The largest absolute Gasteiger partial charge is 0.494 e. The molecule has 0 atom stereocenters. The zero-order chi connectivity index (χ0) is 13.7. The Hall–Kier alpha value is -2.14. The summed E-state index contributed by atoms with van der Waals surface area (Å²) in [6, 6.07) is 5.78. The Kier molecular flexibility index (Phi) is 4.30. The van der Waals surface area contributed by atoms with Crippen LogP contribution in [-0.4, -0.2) is 16.6 Å². The molecule has 1 heterocycles. The van der Waals surface area contributed by atoms with E-state index in [0.717, 1.165) is 22.6 Å². The van der Waals surface area contributed by atoms with Crippen LogP contribution in [0.3, 0.4) is 0 Å². The van der Waals surface area contributed by atoms with E-state index in [0.29, 0.717) is 19.1 Å². The van der Waals surface area contributed by atoms with E-state index in [9.17, 15) is 0 Å². The van der Waals surface area contributed by atoms with E-state index in [1.165, 1.54) is 0 Å². The van der Waals surface area contributed by atoms with Gasteiger partial charge in [0.25, 0.3) is 0 Å². The Morgan fingerprint density at radius 1 is 1.26 bits per heavy atom. The number of hydrogen-bond donors (Lipinski definition) is 2. The predicted octanol–water partition coefficient (Wildman–Crippen LogP) is 2.39. The first-order chi connectivity index (χ1) is 9.22. The van der Waals surface area contributed by atoms with Crippen LogP contribution in [0.25, 0.3) is 0 Å². The van der Waals surface area contributed by atoms with Crippen LogP contribution in [0.2, 0.25) is 0 Å². The highest BCUT2D eigenvalue weighted by atomic mass is 16.5. The van der Waals surface area contributed by atoms with Gasteiger partial charge in [0.1, 0.15) is 5.75 Å². The van der Waals surface area contributed by atoms with Gasteiger partial charge in [0.2, 0.25) is 5.95 Å². The maximum absolute atomic E-state index is 5.72. The molecule has 100 valence electrons. The van der Waals surface area contributed by atoms with E-state index in [1.807, 2.05) is 32.0 Å². The first-order valence-electron chi connectivity index (χ1n) is 6.24. The first-order valence-corrected chi connectivity index (χ1v) is 6.24.